The van der Waals surface area contributed by atoms with Gasteiger partial charge in [-0.1, -0.05) is 41.1 Å². The number of hydrogen-bond donors (Lipinski definition) is 0. The topological polar surface area (TPSA) is 20.3 Å². The van der Waals surface area contributed by atoms with Gasteiger partial charge in [-0.3, -0.25) is 4.79 Å². The molecule has 93 valence electrons. The quantitative estimate of drug-likeness (QED) is 0.399. The second-order valence-corrected chi connectivity index (χ2v) is 5.26. The van der Waals surface area contributed by atoms with Crippen molar-refractivity contribution in [2.24, 2.45) is 0 Å². The summed E-state index contributed by atoms with van der Waals surface area (Å²) in [5, 5.41) is 0. The summed E-state index contributed by atoms with van der Waals surface area (Å²) in [6.45, 7) is 2.42. The Bertz CT molecular complexity index is 478. The van der Waals surface area contributed by atoms with Crippen LogP contribution in [-0.4, -0.2) is 21.3 Å². The first-order valence-corrected chi connectivity index (χ1v) is 6.71. The summed E-state index contributed by atoms with van der Waals surface area (Å²) >= 11 is 2.10. The van der Waals surface area contributed by atoms with Crippen molar-refractivity contribution in [1.29, 1.82) is 0 Å². The molecule has 0 aromatic heterocycles. The molecule has 0 aliphatic carbocycles. The molecule has 1 heterocycles. The fraction of sp³-hybridized carbons (Fsp3) is 0.308. The first-order chi connectivity index (χ1) is 8.15. The van der Waals surface area contributed by atoms with E-state index in [9.17, 15) is 9.18 Å². The van der Waals surface area contributed by atoms with Crippen LogP contribution in [0.3, 0.4) is 0 Å². The molecule has 1 unspecified atom stereocenters. The monoisotopic (exact) mass is 433 g/mol. The third kappa shape index (κ3) is 3.20. The Labute approximate surface area is 145 Å². The predicted octanol–water partition coefficient (Wildman–Crippen LogP) is 3.02. The zero-order valence-electron chi connectivity index (χ0n) is 9.99. The van der Waals surface area contributed by atoms with Crippen LogP contribution in [0.5, 0.6) is 0 Å². The maximum atomic E-state index is 13.7. The molecule has 1 atom stereocenters. The Morgan fingerprint density at radius 2 is 2.17 bits per heavy atom. The van der Waals surface area contributed by atoms with E-state index >= 15 is 0 Å². The van der Waals surface area contributed by atoms with E-state index in [4.69, 9.17) is 0 Å². The number of carbonyl (C=O) groups is 1. The fourth-order valence-electron chi connectivity index (χ4n) is 1.86. The van der Waals surface area contributed by atoms with E-state index in [0.29, 0.717) is 24.2 Å². The van der Waals surface area contributed by atoms with Crippen molar-refractivity contribution in [2.75, 3.05) is 6.54 Å². The minimum absolute atomic E-state index is 0. The Morgan fingerprint density at radius 1 is 1.50 bits per heavy atom. The van der Waals surface area contributed by atoms with Gasteiger partial charge < -0.3 is 4.90 Å². The SMILES string of the molecule is CCN1C(=O)C(I)C[C-]=C1c1ccccc1F.[Y]. The molecule has 1 aromatic rings. The number of carbonyl (C=O) groups excluding carboxylic acids is 1. The molecule has 2 nitrogen and oxygen atoms in total. The molecular weight excluding hydrogens is 421 g/mol. The van der Waals surface area contributed by atoms with Gasteiger partial charge in [0, 0.05) is 39.3 Å². The molecule has 1 amide bonds. The molecule has 1 aliphatic heterocycles. The van der Waals surface area contributed by atoms with Gasteiger partial charge in [0.05, 0.1) is 9.74 Å². The van der Waals surface area contributed by atoms with Crippen LogP contribution in [0.4, 0.5) is 4.39 Å². The van der Waals surface area contributed by atoms with E-state index in [0.717, 1.165) is 0 Å². The normalized spacial score (nSPS) is 19.3. The number of amides is 1. The molecule has 18 heavy (non-hydrogen) atoms. The van der Waals surface area contributed by atoms with E-state index in [1.54, 1.807) is 23.1 Å². The van der Waals surface area contributed by atoms with E-state index in [1.165, 1.54) is 6.07 Å². The second kappa shape index (κ2) is 7.10. The van der Waals surface area contributed by atoms with Crippen molar-refractivity contribution in [3.05, 3.63) is 41.7 Å². The molecule has 0 N–H and O–H groups in total. The molecule has 0 saturated heterocycles. The van der Waals surface area contributed by atoms with Crippen LogP contribution in [0.25, 0.3) is 5.70 Å². The Hall–Kier alpha value is 0.194. The van der Waals surface area contributed by atoms with Crippen molar-refractivity contribution in [1.82, 2.24) is 4.90 Å². The average molecular weight is 433 g/mol. The van der Waals surface area contributed by atoms with Gasteiger partial charge in [-0.15, -0.1) is 17.3 Å². The first kappa shape index (κ1) is 16.2. The standard InChI is InChI=1S/C13H12FINO.Y/c1-2-16-12(8-7-11(15)13(16)17)9-5-3-4-6-10(9)14;/h3-6,11H,2,7H2,1H3;/q-1;. The maximum absolute atomic E-state index is 13.7. The summed E-state index contributed by atoms with van der Waals surface area (Å²) in [7, 11) is 0. The number of alkyl halides is 1. The first-order valence-electron chi connectivity index (χ1n) is 5.46. The molecule has 0 bridgehead atoms. The number of hydrogen-bond acceptors (Lipinski definition) is 1. The van der Waals surface area contributed by atoms with Crippen LogP contribution in [0.1, 0.15) is 18.9 Å². The predicted molar refractivity (Wildman–Crippen MR) is 72.9 cm³/mol. The van der Waals surface area contributed by atoms with Crippen molar-refractivity contribution >= 4 is 34.2 Å². The van der Waals surface area contributed by atoms with Crippen LogP contribution in [0.2, 0.25) is 0 Å². The summed E-state index contributed by atoms with van der Waals surface area (Å²) in [6, 6.07) is 6.49. The van der Waals surface area contributed by atoms with Gasteiger partial charge in [0.1, 0.15) is 0 Å². The van der Waals surface area contributed by atoms with Gasteiger partial charge in [0.2, 0.25) is 5.91 Å². The van der Waals surface area contributed by atoms with Crippen molar-refractivity contribution in [3.8, 4) is 0 Å². The molecule has 0 spiro atoms. The summed E-state index contributed by atoms with van der Waals surface area (Å²) < 4.78 is 13.6. The second-order valence-electron chi connectivity index (χ2n) is 3.76. The van der Waals surface area contributed by atoms with E-state index < -0.39 is 0 Å². The largest absolute Gasteiger partial charge is 0.347 e. The van der Waals surface area contributed by atoms with Crippen LogP contribution >= 0.6 is 22.6 Å². The number of allylic oxidation sites excluding steroid dienone is 1. The van der Waals surface area contributed by atoms with Gasteiger partial charge in [0.15, 0.2) is 0 Å². The Kier molecular flexibility index (Phi) is 6.41. The molecule has 0 saturated carbocycles. The zero-order valence-corrected chi connectivity index (χ0v) is 15.0. The summed E-state index contributed by atoms with van der Waals surface area (Å²) in [6.07, 6.45) is 3.67. The Balaban J connectivity index is 0.00000162. The number of rotatable bonds is 2. The van der Waals surface area contributed by atoms with Crippen LogP contribution in [0.15, 0.2) is 24.3 Å². The van der Waals surface area contributed by atoms with E-state index in [2.05, 4.69) is 28.7 Å². The van der Waals surface area contributed by atoms with Crippen molar-refractivity contribution in [3.63, 3.8) is 0 Å². The molecule has 5 heteroatoms. The van der Waals surface area contributed by atoms with Crippen LogP contribution in [0, 0.1) is 11.9 Å². The Morgan fingerprint density at radius 3 is 2.78 bits per heavy atom. The third-order valence-corrected chi connectivity index (χ3v) is 3.67. The minimum atomic E-state index is -0.312. The van der Waals surface area contributed by atoms with Gasteiger partial charge in [-0.25, -0.2) is 10.5 Å². The third-order valence-electron chi connectivity index (χ3n) is 2.70. The fourth-order valence-corrected chi connectivity index (χ4v) is 2.41. The summed E-state index contributed by atoms with van der Waals surface area (Å²) in [4.78, 5) is 13.6. The van der Waals surface area contributed by atoms with Gasteiger partial charge >= 0.3 is 0 Å². The average Bonchev–Trinajstić information content (AvgIpc) is 2.33. The molecular formula is C13H12FINOY-. The molecule has 1 radical (unpaired) electrons. The van der Waals surface area contributed by atoms with E-state index in [1.807, 2.05) is 6.92 Å². The van der Waals surface area contributed by atoms with Crippen molar-refractivity contribution < 1.29 is 41.9 Å². The zero-order chi connectivity index (χ0) is 12.4. The van der Waals surface area contributed by atoms with Gasteiger partial charge in [-0.05, 0) is 13.0 Å². The minimum Gasteiger partial charge on any atom is -0.347 e. The number of benzene rings is 1. The smallest absolute Gasteiger partial charge is 0.235 e. The summed E-state index contributed by atoms with van der Waals surface area (Å²) in [5.74, 6) is -0.279. The van der Waals surface area contributed by atoms with Crippen molar-refractivity contribution in [2.45, 2.75) is 17.3 Å². The number of halogens is 2. The maximum Gasteiger partial charge on any atom is 0.235 e. The molecule has 2 rings (SSSR count). The van der Waals surface area contributed by atoms with Gasteiger partial charge in [0.25, 0.3) is 0 Å². The van der Waals surface area contributed by atoms with Crippen LogP contribution < -0.4 is 0 Å². The van der Waals surface area contributed by atoms with E-state index in [-0.39, 0.29) is 48.4 Å². The molecule has 1 aliphatic rings. The van der Waals surface area contributed by atoms with Gasteiger partial charge in [-0.2, -0.15) is 0 Å². The summed E-state index contributed by atoms with van der Waals surface area (Å²) in [5.41, 5.74) is 1.02. The molecule has 0 fully saturated rings. The number of nitrogens with zero attached hydrogens (tertiary/aromatic N) is 1. The molecule has 1 aromatic carbocycles. The van der Waals surface area contributed by atoms with Crippen LogP contribution in [-0.2, 0) is 37.5 Å².